The van der Waals surface area contributed by atoms with E-state index in [1.165, 1.54) is 0 Å². The number of aliphatic carboxylic acids is 1. The Morgan fingerprint density at radius 3 is 2.57 bits per heavy atom. The summed E-state index contributed by atoms with van der Waals surface area (Å²) in [7, 11) is 0. The number of carboxylic acid groups (broad SMARTS) is 1. The molecule has 0 aromatic heterocycles. The summed E-state index contributed by atoms with van der Waals surface area (Å²) in [6.07, 6.45) is 1.54. The largest absolute Gasteiger partial charge is 0.481 e. The Morgan fingerprint density at radius 2 is 1.97 bits per heavy atom. The normalized spacial score (nSPS) is 20.2. The number of carbonyl (C=O) groups excluding carboxylic acids is 2. The number of hydrogen-bond acceptors (Lipinski definition) is 5. The Bertz CT molecular complexity index is 780. The lowest BCUT2D eigenvalue weighted by Gasteiger charge is -2.37. The van der Waals surface area contributed by atoms with Gasteiger partial charge in [0.15, 0.2) is 0 Å². The number of likely N-dealkylation sites (tertiary alicyclic amines) is 1. The van der Waals surface area contributed by atoms with Gasteiger partial charge in [-0.25, -0.2) is 0 Å². The monoisotopic (exact) mass is 417 g/mol. The van der Waals surface area contributed by atoms with Crippen LogP contribution in [0.5, 0.6) is 0 Å². The molecule has 0 bridgehead atoms. The minimum atomic E-state index is -0.892. The van der Waals surface area contributed by atoms with Gasteiger partial charge >= 0.3 is 5.97 Å². The number of benzene rings is 1. The average molecular weight is 418 g/mol. The summed E-state index contributed by atoms with van der Waals surface area (Å²) < 4.78 is 0. The first-order valence-electron chi connectivity index (χ1n) is 10.1. The van der Waals surface area contributed by atoms with E-state index < -0.39 is 18.1 Å². The van der Waals surface area contributed by atoms with Crippen LogP contribution in [0.2, 0.25) is 0 Å². The van der Waals surface area contributed by atoms with Crippen molar-refractivity contribution in [3.63, 3.8) is 0 Å². The van der Waals surface area contributed by atoms with Gasteiger partial charge in [-0.15, -0.1) is 0 Å². The van der Waals surface area contributed by atoms with Crippen molar-refractivity contribution in [2.45, 2.75) is 51.7 Å². The third-order valence-electron chi connectivity index (χ3n) is 5.37. The Kier molecular flexibility index (Phi) is 8.35. The van der Waals surface area contributed by atoms with Crippen LogP contribution in [0.1, 0.15) is 44.2 Å². The number of nitrogens with one attached hydrogen (secondary N) is 3. The molecule has 164 valence electrons. The number of carbonyl (C=O) groups is 3. The fraction of sp³-hybridized carbons (Fsp3) is 0.524. The van der Waals surface area contributed by atoms with Crippen molar-refractivity contribution in [1.82, 2.24) is 15.5 Å². The SMILES string of the molecule is C[C@H]1CCN(CCC(=O)O)[C@@H](C(=O)N[C@@H](C)C(=O)NCc2ccc(C(=N)N)cc2)C1. The lowest BCUT2D eigenvalue weighted by Crippen LogP contribution is -2.55. The van der Waals surface area contributed by atoms with Crippen molar-refractivity contribution in [3.05, 3.63) is 35.4 Å². The lowest BCUT2D eigenvalue weighted by atomic mass is 9.91. The van der Waals surface area contributed by atoms with Gasteiger partial charge in [0, 0.05) is 18.7 Å². The number of rotatable bonds is 9. The van der Waals surface area contributed by atoms with Crippen molar-refractivity contribution in [1.29, 1.82) is 5.41 Å². The molecule has 0 saturated carbocycles. The summed E-state index contributed by atoms with van der Waals surface area (Å²) in [6.45, 7) is 4.98. The van der Waals surface area contributed by atoms with E-state index in [1.807, 2.05) is 4.90 Å². The standard InChI is InChI=1S/C21H31N5O4/c1-13-7-9-26(10-8-18(27)28)17(11-13)21(30)25-14(2)20(29)24-12-15-3-5-16(6-4-15)19(22)23/h3-6,13-14,17H,7-12H2,1-2H3,(H3,22,23)(H,24,29)(H,25,30)(H,27,28)/t13-,14-,17+/m0/s1. The van der Waals surface area contributed by atoms with E-state index in [2.05, 4.69) is 17.6 Å². The van der Waals surface area contributed by atoms with Gasteiger partial charge in [-0.1, -0.05) is 31.2 Å². The predicted molar refractivity (Wildman–Crippen MR) is 113 cm³/mol. The van der Waals surface area contributed by atoms with Crippen LogP contribution in [0.15, 0.2) is 24.3 Å². The summed E-state index contributed by atoms with van der Waals surface area (Å²) in [6, 6.07) is 5.85. The zero-order chi connectivity index (χ0) is 22.3. The molecule has 1 aromatic carbocycles. The maximum Gasteiger partial charge on any atom is 0.304 e. The molecule has 1 aromatic rings. The number of piperidine rings is 1. The lowest BCUT2D eigenvalue weighted by molar-refractivity contribution is -0.139. The van der Waals surface area contributed by atoms with Crippen LogP contribution in [0, 0.1) is 11.3 Å². The van der Waals surface area contributed by atoms with Crippen LogP contribution in [-0.4, -0.2) is 58.8 Å². The molecule has 9 heteroatoms. The van der Waals surface area contributed by atoms with E-state index in [4.69, 9.17) is 16.2 Å². The smallest absolute Gasteiger partial charge is 0.304 e. The molecule has 1 saturated heterocycles. The number of nitrogens with two attached hydrogens (primary N) is 1. The van der Waals surface area contributed by atoms with Crippen molar-refractivity contribution >= 4 is 23.6 Å². The van der Waals surface area contributed by atoms with Gasteiger partial charge in [0.1, 0.15) is 11.9 Å². The minimum Gasteiger partial charge on any atom is -0.481 e. The minimum absolute atomic E-state index is 0.0172. The van der Waals surface area contributed by atoms with Crippen LogP contribution < -0.4 is 16.4 Å². The van der Waals surface area contributed by atoms with Crippen LogP contribution in [0.4, 0.5) is 0 Å². The fourth-order valence-corrected chi connectivity index (χ4v) is 3.49. The second-order valence-corrected chi connectivity index (χ2v) is 7.88. The summed E-state index contributed by atoms with van der Waals surface area (Å²) in [5, 5.41) is 21.9. The molecule has 3 atom stereocenters. The second-order valence-electron chi connectivity index (χ2n) is 7.88. The molecule has 6 N–H and O–H groups in total. The highest BCUT2D eigenvalue weighted by molar-refractivity contribution is 5.95. The first kappa shape index (κ1) is 23.3. The maximum atomic E-state index is 12.8. The van der Waals surface area contributed by atoms with Gasteiger partial charge in [-0.3, -0.25) is 24.7 Å². The van der Waals surface area contributed by atoms with Gasteiger partial charge in [-0.05, 0) is 37.8 Å². The van der Waals surface area contributed by atoms with Gasteiger partial charge in [0.2, 0.25) is 11.8 Å². The summed E-state index contributed by atoms with van der Waals surface area (Å²) in [5.41, 5.74) is 6.89. The van der Waals surface area contributed by atoms with Crippen molar-refractivity contribution in [2.24, 2.45) is 11.7 Å². The predicted octanol–water partition coefficient (Wildman–Crippen LogP) is 0.667. The number of carboxylic acids is 1. The van der Waals surface area contributed by atoms with E-state index >= 15 is 0 Å². The molecule has 30 heavy (non-hydrogen) atoms. The van der Waals surface area contributed by atoms with E-state index in [1.54, 1.807) is 31.2 Å². The number of nitrogen functional groups attached to an aromatic ring is 1. The molecule has 1 fully saturated rings. The Labute approximate surface area is 176 Å². The van der Waals surface area contributed by atoms with Gasteiger partial charge in [-0.2, -0.15) is 0 Å². The number of nitrogens with zero attached hydrogens (tertiary/aromatic N) is 1. The van der Waals surface area contributed by atoms with Crippen molar-refractivity contribution < 1.29 is 19.5 Å². The number of hydrogen-bond donors (Lipinski definition) is 5. The highest BCUT2D eigenvalue weighted by Crippen LogP contribution is 2.23. The third-order valence-corrected chi connectivity index (χ3v) is 5.37. The van der Waals surface area contributed by atoms with Gasteiger partial charge < -0.3 is 21.5 Å². The molecular formula is C21H31N5O4. The van der Waals surface area contributed by atoms with Gasteiger partial charge in [0.05, 0.1) is 12.5 Å². The molecule has 0 unspecified atom stereocenters. The van der Waals surface area contributed by atoms with E-state index in [0.29, 0.717) is 37.5 Å². The van der Waals surface area contributed by atoms with Crippen LogP contribution in [0.3, 0.4) is 0 Å². The van der Waals surface area contributed by atoms with Crippen molar-refractivity contribution in [2.75, 3.05) is 13.1 Å². The quantitative estimate of drug-likeness (QED) is 0.294. The molecule has 2 amide bonds. The topological polar surface area (TPSA) is 149 Å². The summed E-state index contributed by atoms with van der Waals surface area (Å²) in [4.78, 5) is 38.0. The number of amides is 2. The van der Waals surface area contributed by atoms with E-state index in [-0.39, 0.29) is 24.1 Å². The molecule has 0 aliphatic carbocycles. The van der Waals surface area contributed by atoms with Crippen LogP contribution in [0.25, 0.3) is 0 Å². The molecule has 2 rings (SSSR count). The molecule has 1 aliphatic rings. The zero-order valence-electron chi connectivity index (χ0n) is 17.5. The fourth-order valence-electron chi connectivity index (χ4n) is 3.49. The highest BCUT2D eigenvalue weighted by Gasteiger charge is 2.33. The van der Waals surface area contributed by atoms with Gasteiger partial charge in [0.25, 0.3) is 0 Å². The Balaban J connectivity index is 1.88. The van der Waals surface area contributed by atoms with E-state index in [9.17, 15) is 14.4 Å². The van der Waals surface area contributed by atoms with Crippen LogP contribution in [-0.2, 0) is 20.9 Å². The Hall–Kier alpha value is -2.94. The first-order valence-corrected chi connectivity index (χ1v) is 10.1. The maximum absolute atomic E-state index is 12.8. The summed E-state index contributed by atoms with van der Waals surface area (Å²) >= 11 is 0. The molecule has 0 radical (unpaired) electrons. The Morgan fingerprint density at radius 1 is 1.30 bits per heavy atom. The number of amidine groups is 1. The zero-order valence-corrected chi connectivity index (χ0v) is 17.5. The summed E-state index contributed by atoms with van der Waals surface area (Å²) in [5.74, 6) is -1.10. The average Bonchev–Trinajstić information content (AvgIpc) is 2.71. The van der Waals surface area contributed by atoms with E-state index in [0.717, 1.165) is 12.0 Å². The molecular weight excluding hydrogens is 386 g/mol. The third kappa shape index (κ3) is 6.84. The van der Waals surface area contributed by atoms with Crippen LogP contribution >= 0.6 is 0 Å². The molecule has 1 heterocycles. The van der Waals surface area contributed by atoms with Crippen molar-refractivity contribution in [3.8, 4) is 0 Å². The molecule has 9 nitrogen and oxygen atoms in total. The highest BCUT2D eigenvalue weighted by atomic mass is 16.4. The molecule has 0 spiro atoms. The second kappa shape index (κ2) is 10.7. The first-order chi connectivity index (χ1) is 14.2. The molecule has 1 aliphatic heterocycles.